The van der Waals surface area contributed by atoms with Crippen LogP contribution in [0.5, 0.6) is 5.75 Å². The van der Waals surface area contributed by atoms with Crippen LogP contribution in [-0.4, -0.2) is 17.4 Å². The van der Waals surface area contributed by atoms with Gasteiger partial charge in [0.25, 0.3) is 11.6 Å². The molecule has 1 aliphatic carbocycles. The van der Waals surface area contributed by atoms with Crippen LogP contribution in [0.1, 0.15) is 18.4 Å². The highest BCUT2D eigenvalue weighted by molar-refractivity contribution is 9.10. The fourth-order valence-electron chi connectivity index (χ4n) is 2.52. The average molecular weight is 391 g/mol. The number of hydrogen-bond acceptors (Lipinski definition) is 4. The van der Waals surface area contributed by atoms with E-state index in [1.165, 1.54) is 18.2 Å². The number of hydrogen-bond donors (Lipinski definition) is 1. The van der Waals surface area contributed by atoms with Gasteiger partial charge in [0.1, 0.15) is 5.75 Å². The van der Waals surface area contributed by atoms with E-state index in [1.54, 1.807) is 6.07 Å². The molecule has 0 unspecified atom stereocenters. The van der Waals surface area contributed by atoms with Gasteiger partial charge in [0.15, 0.2) is 6.61 Å². The fourth-order valence-corrected chi connectivity index (χ4v) is 2.78. The number of nitro groups is 1. The quantitative estimate of drug-likeness (QED) is 0.603. The second-order valence-electron chi connectivity index (χ2n) is 5.68. The molecule has 0 saturated heterocycles. The Balaban J connectivity index is 1.59. The maximum absolute atomic E-state index is 12.2. The van der Waals surface area contributed by atoms with E-state index in [-0.39, 0.29) is 23.7 Å². The van der Waals surface area contributed by atoms with Crippen LogP contribution in [0.3, 0.4) is 0 Å². The summed E-state index contributed by atoms with van der Waals surface area (Å²) in [5.41, 5.74) is 0.680. The zero-order valence-corrected chi connectivity index (χ0v) is 14.3. The first-order valence-corrected chi connectivity index (χ1v) is 8.22. The van der Waals surface area contributed by atoms with E-state index in [2.05, 4.69) is 21.2 Å². The number of ether oxygens (including phenoxy) is 1. The molecule has 1 amide bonds. The van der Waals surface area contributed by atoms with Gasteiger partial charge in [0.2, 0.25) is 0 Å². The van der Waals surface area contributed by atoms with E-state index in [4.69, 9.17) is 4.74 Å². The molecule has 0 bridgehead atoms. The van der Waals surface area contributed by atoms with Crippen molar-refractivity contribution in [2.45, 2.75) is 18.4 Å². The molecule has 6 nitrogen and oxygen atoms in total. The third-order valence-electron chi connectivity index (χ3n) is 3.92. The Hall–Kier alpha value is -2.41. The smallest absolute Gasteiger partial charge is 0.273 e. The highest BCUT2D eigenvalue weighted by atomic mass is 79.9. The Bertz CT molecular complexity index is 772. The zero-order chi connectivity index (χ0) is 17.2. The van der Waals surface area contributed by atoms with Gasteiger partial charge >= 0.3 is 0 Å². The standard InChI is InChI=1S/C17H15BrN2O4/c18-13-6-4-12(5-7-13)17(8-9-17)19-16(21)11-24-15-3-1-2-14(10-15)20(22)23/h1-7,10H,8-9,11H2,(H,19,21). The van der Waals surface area contributed by atoms with Crippen LogP contribution in [0.4, 0.5) is 5.69 Å². The lowest BCUT2D eigenvalue weighted by Crippen LogP contribution is -2.38. The summed E-state index contributed by atoms with van der Waals surface area (Å²) in [4.78, 5) is 22.4. The van der Waals surface area contributed by atoms with Gasteiger partial charge in [0.05, 0.1) is 16.5 Å². The summed E-state index contributed by atoms with van der Waals surface area (Å²) >= 11 is 3.39. The number of rotatable bonds is 6. The maximum Gasteiger partial charge on any atom is 0.273 e. The van der Waals surface area contributed by atoms with Crippen molar-refractivity contribution in [1.82, 2.24) is 5.32 Å². The van der Waals surface area contributed by atoms with Crippen molar-refractivity contribution in [1.29, 1.82) is 0 Å². The SMILES string of the molecule is O=C(COc1cccc([N+](=O)[O-])c1)NC1(c2ccc(Br)cc2)CC1. The molecule has 3 rings (SSSR count). The highest BCUT2D eigenvalue weighted by Crippen LogP contribution is 2.45. The van der Waals surface area contributed by atoms with Gasteiger partial charge in [-0.15, -0.1) is 0 Å². The Kier molecular flexibility index (Phi) is 4.53. The normalized spacial score (nSPS) is 14.7. The maximum atomic E-state index is 12.2. The van der Waals surface area contributed by atoms with Crippen molar-refractivity contribution in [2.24, 2.45) is 0 Å². The molecule has 0 spiro atoms. The Morgan fingerprint density at radius 3 is 2.58 bits per heavy atom. The summed E-state index contributed by atoms with van der Waals surface area (Å²) in [6.45, 7) is -0.181. The number of halogens is 1. The largest absolute Gasteiger partial charge is 0.484 e. The van der Waals surface area contributed by atoms with Crippen LogP contribution in [0.25, 0.3) is 0 Å². The molecule has 1 fully saturated rings. The van der Waals surface area contributed by atoms with Crippen LogP contribution >= 0.6 is 15.9 Å². The molecule has 1 saturated carbocycles. The van der Waals surface area contributed by atoms with Gasteiger partial charge in [-0.05, 0) is 36.6 Å². The minimum absolute atomic E-state index is 0.0681. The predicted molar refractivity (Wildman–Crippen MR) is 91.8 cm³/mol. The first kappa shape index (κ1) is 16.4. The number of carbonyl (C=O) groups excluding carboxylic acids is 1. The van der Waals surface area contributed by atoms with E-state index in [9.17, 15) is 14.9 Å². The van der Waals surface area contributed by atoms with Crippen molar-refractivity contribution >= 4 is 27.5 Å². The number of non-ortho nitro benzene ring substituents is 1. The molecule has 0 aliphatic heterocycles. The zero-order valence-electron chi connectivity index (χ0n) is 12.7. The van der Waals surface area contributed by atoms with Crippen molar-refractivity contribution < 1.29 is 14.5 Å². The third-order valence-corrected chi connectivity index (χ3v) is 4.45. The number of nitrogens with zero attached hydrogens (tertiary/aromatic N) is 1. The number of carbonyl (C=O) groups is 1. The number of nitro benzene ring substituents is 1. The minimum atomic E-state index is -0.500. The summed E-state index contributed by atoms with van der Waals surface area (Å²) in [6, 6.07) is 13.6. The molecule has 24 heavy (non-hydrogen) atoms. The highest BCUT2D eigenvalue weighted by Gasteiger charge is 2.45. The summed E-state index contributed by atoms with van der Waals surface area (Å²) < 4.78 is 6.35. The van der Waals surface area contributed by atoms with Gasteiger partial charge in [0, 0.05) is 10.5 Å². The van der Waals surface area contributed by atoms with Crippen LogP contribution in [0, 0.1) is 10.1 Å². The number of amides is 1. The molecule has 0 aromatic heterocycles. The molecule has 7 heteroatoms. The van der Waals surface area contributed by atoms with Gasteiger partial charge in [-0.3, -0.25) is 14.9 Å². The first-order chi connectivity index (χ1) is 11.5. The lowest BCUT2D eigenvalue weighted by atomic mass is 10.1. The summed E-state index contributed by atoms with van der Waals surface area (Å²) in [5, 5.41) is 13.7. The topological polar surface area (TPSA) is 81.5 Å². The molecule has 2 aromatic carbocycles. The van der Waals surface area contributed by atoms with Crippen molar-refractivity contribution in [3.05, 3.63) is 68.7 Å². The molecule has 1 N–H and O–H groups in total. The van der Waals surface area contributed by atoms with Crippen LogP contribution in [0.2, 0.25) is 0 Å². The van der Waals surface area contributed by atoms with Crippen LogP contribution in [-0.2, 0) is 10.3 Å². The third kappa shape index (κ3) is 3.73. The van der Waals surface area contributed by atoms with E-state index in [1.807, 2.05) is 24.3 Å². The van der Waals surface area contributed by atoms with Crippen LogP contribution in [0.15, 0.2) is 53.0 Å². The van der Waals surface area contributed by atoms with Gasteiger partial charge in [-0.25, -0.2) is 0 Å². The summed E-state index contributed by atoms with van der Waals surface area (Å²) in [6.07, 6.45) is 1.77. The minimum Gasteiger partial charge on any atom is -0.484 e. The molecule has 124 valence electrons. The van der Waals surface area contributed by atoms with E-state index in [0.717, 1.165) is 22.9 Å². The first-order valence-electron chi connectivity index (χ1n) is 7.43. The van der Waals surface area contributed by atoms with Crippen LogP contribution < -0.4 is 10.1 Å². The predicted octanol–water partition coefficient (Wildman–Crippen LogP) is 3.54. The van der Waals surface area contributed by atoms with E-state index in [0.29, 0.717) is 5.75 Å². The lowest BCUT2D eigenvalue weighted by Gasteiger charge is -2.18. The monoisotopic (exact) mass is 390 g/mol. The van der Waals surface area contributed by atoms with Gasteiger partial charge in [-0.1, -0.05) is 34.1 Å². The fraction of sp³-hybridized carbons (Fsp3) is 0.235. The summed E-state index contributed by atoms with van der Waals surface area (Å²) in [5.74, 6) is 0.0507. The molecular weight excluding hydrogens is 376 g/mol. The van der Waals surface area contributed by atoms with Crippen molar-refractivity contribution in [3.63, 3.8) is 0 Å². The molecule has 2 aromatic rings. The van der Waals surface area contributed by atoms with E-state index >= 15 is 0 Å². The second kappa shape index (κ2) is 6.60. The van der Waals surface area contributed by atoms with Gasteiger partial charge < -0.3 is 10.1 Å². The van der Waals surface area contributed by atoms with Crippen molar-refractivity contribution in [2.75, 3.05) is 6.61 Å². The Labute approximate surface area is 147 Å². The lowest BCUT2D eigenvalue weighted by molar-refractivity contribution is -0.384. The van der Waals surface area contributed by atoms with Crippen molar-refractivity contribution in [3.8, 4) is 5.75 Å². The Morgan fingerprint density at radius 2 is 1.96 bits per heavy atom. The second-order valence-corrected chi connectivity index (χ2v) is 6.60. The molecule has 1 aliphatic rings. The van der Waals surface area contributed by atoms with Gasteiger partial charge in [-0.2, -0.15) is 0 Å². The Morgan fingerprint density at radius 1 is 1.25 bits per heavy atom. The van der Waals surface area contributed by atoms with E-state index < -0.39 is 4.92 Å². The number of nitrogens with one attached hydrogen (secondary N) is 1. The average Bonchev–Trinajstić information content (AvgIpc) is 3.34. The summed E-state index contributed by atoms with van der Waals surface area (Å²) in [7, 11) is 0. The number of benzene rings is 2. The molecule has 0 heterocycles. The molecular formula is C17H15BrN2O4. The molecule has 0 atom stereocenters. The molecule has 0 radical (unpaired) electrons.